The molecule has 5 nitrogen and oxygen atoms in total. The Labute approximate surface area is 190 Å². The molecular formula is C24H21ClN2O3S. The number of rotatable bonds is 5. The van der Waals surface area contributed by atoms with Crippen LogP contribution in [-0.2, 0) is 9.59 Å². The molecule has 3 aromatic rings. The number of nitrogens with one attached hydrogen (secondary N) is 1. The van der Waals surface area contributed by atoms with E-state index in [2.05, 4.69) is 5.32 Å². The third kappa shape index (κ3) is 5.03. The Bertz CT molecular complexity index is 1100. The summed E-state index contributed by atoms with van der Waals surface area (Å²) in [5, 5.41) is 3.30. The van der Waals surface area contributed by atoms with Gasteiger partial charge in [0, 0.05) is 27.3 Å². The molecule has 0 saturated heterocycles. The summed E-state index contributed by atoms with van der Waals surface area (Å²) in [5.41, 5.74) is 2.38. The summed E-state index contributed by atoms with van der Waals surface area (Å²) in [4.78, 5) is 28.4. The Morgan fingerprint density at radius 1 is 1.13 bits per heavy atom. The lowest BCUT2D eigenvalue weighted by Crippen LogP contribution is -2.38. The van der Waals surface area contributed by atoms with Gasteiger partial charge < -0.3 is 15.0 Å². The predicted octanol–water partition coefficient (Wildman–Crippen LogP) is 5.56. The van der Waals surface area contributed by atoms with E-state index in [0.717, 1.165) is 21.9 Å². The van der Waals surface area contributed by atoms with Crippen LogP contribution in [0.3, 0.4) is 0 Å². The molecule has 1 aliphatic rings. The zero-order chi connectivity index (χ0) is 21.8. The van der Waals surface area contributed by atoms with E-state index in [9.17, 15) is 9.59 Å². The fourth-order valence-corrected chi connectivity index (χ4v) is 4.94. The van der Waals surface area contributed by atoms with Crippen LogP contribution in [0.15, 0.2) is 77.7 Å². The van der Waals surface area contributed by atoms with Crippen LogP contribution in [0.2, 0.25) is 5.02 Å². The van der Waals surface area contributed by atoms with E-state index in [-0.39, 0.29) is 30.0 Å². The highest BCUT2D eigenvalue weighted by molar-refractivity contribution is 7.99. The number of methoxy groups -OCH3 is 1. The third-order valence-electron chi connectivity index (χ3n) is 4.98. The van der Waals surface area contributed by atoms with Gasteiger partial charge in [-0.3, -0.25) is 9.59 Å². The van der Waals surface area contributed by atoms with Gasteiger partial charge in [0.05, 0.1) is 12.8 Å². The summed E-state index contributed by atoms with van der Waals surface area (Å²) in [6, 6.07) is 22.4. The minimum atomic E-state index is -0.279. The van der Waals surface area contributed by atoms with Gasteiger partial charge in [0.15, 0.2) is 0 Å². The first-order valence-electron chi connectivity index (χ1n) is 9.79. The van der Waals surface area contributed by atoms with Gasteiger partial charge in [0.25, 0.3) is 0 Å². The zero-order valence-corrected chi connectivity index (χ0v) is 18.5. The fourth-order valence-electron chi connectivity index (χ4n) is 3.47. The number of anilines is 2. The number of hydrogen-bond donors (Lipinski definition) is 1. The molecular weight excluding hydrogens is 432 g/mol. The number of thioether (sulfide) groups is 1. The first kappa shape index (κ1) is 21.3. The van der Waals surface area contributed by atoms with E-state index in [1.54, 1.807) is 48.0 Å². The molecule has 1 N–H and O–H groups in total. The van der Waals surface area contributed by atoms with Crippen LogP contribution in [0.1, 0.15) is 17.2 Å². The summed E-state index contributed by atoms with van der Waals surface area (Å²) in [6.07, 6.45) is 0.288. The van der Waals surface area contributed by atoms with Gasteiger partial charge in [-0.2, -0.15) is 0 Å². The van der Waals surface area contributed by atoms with Crippen LogP contribution in [-0.4, -0.2) is 25.5 Å². The molecule has 0 aromatic heterocycles. The van der Waals surface area contributed by atoms with E-state index in [4.69, 9.17) is 16.3 Å². The number of carbonyl (C=O) groups is 2. The topological polar surface area (TPSA) is 58.6 Å². The highest BCUT2D eigenvalue weighted by Crippen LogP contribution is 2.45. The van der Waals surface area contributed by atoms with Gasteiger partial charge in [-0.15, -0.1) is 11.8 Å². The summed E-state index contributed by atoms with van der Waals surface area (Å²) >= 11 is 7.63. The second-order valence-corrected chi connectivity index (χ2v) is 8.77. The van der Waals surface area contributed by atoms with Gasteiger partial charge in [-0.1, -0.05) is 41.9 Å². The van der Waals surface area contributed by atoms with E-state index in [1.165, 1.54) is 0 Å². The molecule has 2 amide bonds. The third-order valence-corrected chi connectivity index (χ3v) is 6.54. The second kappa shape index (κ2) is 9.45. The number of para-hydroxylation sites is 1. The minimum Gasteiger partial charge on any atom is -0.497 e. The Morgan fingerprint density at radius 2 is 1.90 bits per heavy atom. The van der Waals surface area contributed by atoms with E-state index >= 15 is 0 Å². The average Bonchev–Trinajstić information content (AvgIpc) is 2.90. The van der Waals surface area contributed by atoms with E-state index in [0.29, 0.717) is 10.7 Å². The fraction of sp³-hybridized carbons (Fsp3) is 0.167. The minimum absolute atomic E-state index is 0.0550. The van der Waals surface area contributed by atoms with Crippen molar-refractivity contribution in [2.75, 3.05) is 23.9 Å². The molecule has 0 spiro atoms. The Morgan fingerprint density at radius 3 is 2.65 bits per heavy atom. The molecule has 0 unspecified atom stereocenters. The number of amides is 2. The van der Waals surface area contributed by atoms with Crippen LogP contribution in [0.25, 0.3) is 0 Å². The maximum atomic E-state index is 13.2. The molecule has 0 saturated carbocycles. The molecule has 3 aromatic carbocycles. The standard InChI is InChI=1S/C24H21ClN2O3S/c1-30-19-11-9-16(10-12-19)22-14-24(29)27(20-7-2-3-8-21(20)31-22)15-23(28)26-18-6-4-5-17(25)13-18/h2-13,22H,14-15H2,1H3,(H,26,28)/t22-/m1/s1. The van der Waals surface area contributed by atoms with Gasteiger partial charge >= 0.3 is 0 Å². The number of halogens is 1. The second-order valence-electron chi connectivity index (χ2n) is 7.09. The van der Waals surface area contributed by atoms with Gasteiger partial charge in [0.1, 0.15) is 12.3 Å². The molecule has 1 atom stereocenters. The van der Waals surface area contributed by atoms with Crippen LogP contribution < -0.4 is 15.0 Å². The summed E-state index contributed by atoms with van der Waals surface area (Å²) < 4.78 is 5.24. The lowest BCUT2D eigenvalue weighted by Gasteiger charge is -2.22. The van der Waals surface area contributed by atoms with Gasteiger partial charge in [0.2, 0.25) is 11.8 Å². The van der Waals surface area contributed by atoms with E-state index < -0.39 is 0 Å². The smallest absolute Gasteiger partial charge is 0.244 e. The highest BCUT2D eigenvalue weighted by Gasteiger charge is 2.30. The van der Waals surface area contributed by atoms with Crippen molar-refractivity contribution < 1.29 is 14.3 Å². The maximum absolute atomic E-state index is 13.2. The van der Waals surface area contributed by atoms with Crippen molar-refractivity contribution >= 4 is 46.6 Å². The van der Waals surface area contributed by atoms with Crippen LogP contribution >= 0.6 is 23.4 Å². The lowest BCUT2D eigenvalue weighted by molar-refractivity contribution is -0.121. The number of carbonyl (C=O) groups excluding carboxylic acids is 2. The van der Waals surface area contributed by atoms with Crippen molar-refractivity contribution in [3.8, 4) is 5.75 Å². The molecule has 0 bridgehead atoms. The predicted molar refractivity (Wildman–Crippen MR) is 125 cm³/mol. The Kier molecular flexibility index (Phi) is 6.49. The van der Waals surface area contributed by atoms with Crippen molar-refractivity contribution in [2.24, 2.45) is 0 Å². The van der Waals surface area contributed by atoms with Crippen LogP contribution in [0, 0.1) is 0 Å². The maximum Gasteiger partial charge on any atom is 0.244 e. The first-order valence-corrected chi connectivity index (χ1v) is 11.0. The number of benzene rings is 3. The summed E-state index contributed by atoms with van der Waals surface area (Å²) in [5.74, 6) is 0.395. The molecule has 0 aliphatic carbocycles. The molecule has 158 valence electrons. The molecule has 1 heterocycles. The normalized spacial score (nSPS) is 15.7. The molecule has 7 heteroatoms. The van der Waals surface area contributed by atoms with Crippen molar-refractivity contribution in [1.29, 1.82) is 0 Å². The molecule has 1 aliphatic heterocycles. The SMILES string of the molecule is COc1ccc([C@H]2CC(=O)N(CC(=O)Nc3cccc(Cl)c3)c3ccccc3S2)cc1. The van der Waals surface area contributed by atoms with Gasteiger partial charge in [-0.05, 0) is 48.0 Å². The monoisotopic (exact) mass is 452 g/mol. The lowest BCUT2D eigenvalue weighted by atomic mass is 10.1. The number of fused-ring (bicyclic) bond motifs is 1. The molecule has 0 radical (unpaired) electrons. The number of ether oxygens (including phenoxy) is 1. The Hall–Kier alpha value is -2.96. The number of hydrogen-bond acceptors (Lipinski definition) is 4. The molecule has 0 fully saturated rings. The summed E-state index contributed by atoms with van der Waals surface area (Å²) in [7, 11) is 1.63. The van der Waals surface area contributed by atoms with Crippen molar-refractivity contribution in [3.63, 3.8) is 0 Å². The zero-order valence-electron chi connectivity index (χ0n) is 16.9. The van der Waals surface area contributed by atoms with Crippen molar-refractivity contribution in [2.45, 2.75) is 16.6 Å². The Balaban J connectivity index is 1.57. The molecule has 31 heavy (non-hydrogen) atoms. The molecule has 4 rings (SSSR count). The van der Waals surface area contributed by atoms with Crippen LogP contribution in [0.4, 0.5) is 11.4 Å². The van der Waals surface area contributed by atoms with E-state index in [1.807, 2.05) is 48.5 Å². The van der Waals surface area contributed by atoms with Gasteiger partial charge in [-0.25, -0.2) is 0 Å². The highest BCUT2D eigenvalue weighted by atomic mass is 35.5. The van der Waals surface area contributed by atoms with Crippen molar-refractivity contribution in [1.82, 2.24) is 0 Å². The quantitative estimate of drug-likeness (QED) is 0.550. The number of nitrogens with zero attached hydrogens (tertiary/aromatic N) is 1. The van der Waals surface area contributed by atoms with Crippen molar-refractivity contribution in [3.05, 3.63) is 83.4 Å². The van der Waals surface area contributed by atoms with Crippen LogP contribution in [0.5, 0.6) is 5.75 Å². The largest absolute Gasteiger partial charge is 0.497 e. The average molecular weight is 453 g/mol. The first-order chi connectivity index (χ1) is 15.0. The summed E-state index contributed by atoms with van der Waals surface area (Å²) in [6.45, 7) is -0.0712.